The van der Waals surface area contributed by atoms with E-state index in [1.54, 1.807) is 0 Å². The van der Waals surface area contributed by atoms with Gasteiger partial charge in [-0.15, -0.1) is 0 Å². The SMILES string of the molecule is O=C(O)CCNC(=O)c1ccc(C2(c3ccc(OCc4ccc(Cl)cc4)cc3)CC3CCC2C3)cc1. The molecule has 5 rings (SSSR count). The summed E-state index contributed by atoms with van der Waals surface area (Å²) in [6.45, 7) is 0.610. The Balaban J connectivity index is 1.34. The molecule has 2 bridgehead atoms. The highest BCUT2D eigenvalue weighted by molar-refractivity contribution is 6.30. The summed E-state index contributed by atoms with van der Waals surface area (Å²) in [6, 6.07) is 24.1. The lowest BCUT2D eigenvalue weighted by Crippen LogP contribution is -2.34. The topological polar surface area (TPSA) is 75.6 Å². The van der Waals surface area contributed by atoms with Crippen LogP contribution in [0.25, 0.3) is 0 Å². The largest absolute Gasteiger partial charge is 0.489 e. The number of carboxylic acid groups (broad SMARTS) is 1. The second kappa shape index (κ2) is 10.4. The quantitative estimate of drug-likeness (QED) is 0.363. The van der Waals surface area contributed by atoms with Crippen LogP contribution in [0.1, 0.15) is 59.2 Å². The fraction of sp³-hybridized carbons (Fsp3) is 0.333. The molecule has 0 aliphatic heterocycles. The van der Waals surface area contributed by atoms with Crippen LogP contribution in [0.15, 0.2) is 72.8 Å². The first-order valence-electron chi connectivity index (χ1n) is 12.5. The third kappa shape index (κ3) is 4.98. The van der Waals surface area contributed by atoms with Crippen molar-refractivity contribution < 1.29 is 19.4 Å². The van der Waals surface area contributed by atoms with Crippen LogP contribution in [0.4, 0.5) is 0 Å². The number of rotatable bonds is 9. The lowest BCUT2D eigenvalue weighted by atomic mass is 9.64. The van der Waals surface area contributed by atoms with Crippen LogP contribution in [-0.2, 0) is 16.8 Å². The summed E-state index contributed by atoms with van der Waals surface area (Å²) < 4.78 is 6.01. The van der Waals surface area contributed by atoms with Crippen LogP contribution < -0.4 is 10.1 Å². The first-order valence-corrected chi connectivity index (χ1v) is 12.9. The van der Waals surface area contributed by atoms with Gasteiger partial charge in [0.1, 0.15) is 12.4 Å². The second-order valence-corrected chi connectivity index (χ2v) is 10.4. The van der Waals surface area contributed by atoms with Crippen LogP contribution in [0.3, 0.4) is 0 Å². The van der Waals surface area contributed by atoms with Crippen molar-refractivity contribution in [3.05, 3.63) is 100 Å². The fourth-order valence-electron chi connectivity index (χ4n) is 6.10. The van der Waals surface area contributed by atoms with Gasteiger partial charge in [0.25, 0.3) is 5.91 Å². The van der Waals surface area contributed by atoms with Crippen LogP contribution in [-0.4, -0.2) is 23.5 Å². The van der Waals surface area contributed by atoms with Crippen molar-refractivity contribution in [1.29, 1.82) is 0 Å². The molecule has 3 atom stereocenters. The van der Waals surface area contributed by atoms with Gasteiger partial charge in [-0.1, -0.05) is 54.4 Å². The predicted molar refractivity (Wildman–Crippen MR) is 139 cm³/mol. The summed E-state index contributed by atoms with van der Waals surface area (Å²) in [5, 5.41) is 12.2. The molecule has 2 aliphatic rings. The van der Waals surface area contributed by atoms with Gasteiger partial charge in [-0.3, -0.25) is 9.59 Å². The van der Waals surface area contributed by atoms with Crippen molar-refractivity contribution in [3.63, 3.8) is 0 Å². The fourth-order valence-corrected chi connectivity index (χ4v) is 6.23. The molecule has 1 amide bonds. The van der Waals surface area contributed by atoms with Gasteiger partial charge < -0.3 is 15.2 Å². The van der Waals surface area contributed by atoms with Gasteiger partial charge in [0.05, 0.1) is 6.42 Å². The highest BCUT2D eigenvalue weighted by Crippen LogP contribution is 2.60. The van der Waals surface area contributed by atoms with Crippen molar-refractivity contribution in [3.8, 4) is 5.75 Å². The lowest BCUT2D eigenvalue weighted by molar-refractivity contribution is -0.136. The number of carbonyl (C=O) groups excluding carboxylic acids is 1. The maximum Gasteiger partial charge on any atom is 0.305 e. The van der Waals surface area contributed by atoms with E-state index in [1.165, 1.54) is 30.4 Å². The van der Waals surface area contributed by atoms with Gasteiger partial charge in [0.2, 0.25) is 0 Å². The first kappa shape index (κ1) is 24.4. The number of benzene rings is 3. The highest BCUT2D eigenvalue weighted by Gasteiger charge is 2.52. The molecular weight excluding hydrogens is 474 g/mol. The summed E-state index contributed by atoms with van der Waals surface area (Å²) in [5.74, 6) is 0.978. The zero-order chi connectivity index (χ0) is 25.1. The van der Waals surface area contributed by atoms with Crippen LogP contribution in [0.2, 0.25) is 5.02 Å². The Morgan fingerprint density at radius 2 is 1.61 bits per heavy atom. The summed E-state index contributed by atoms with van der Waals surface area (Å²) in [5.41, 5.74) is 4.10. The van der Waals surface area contributed by atoms with Gasteiger partial charge in [0, 0.05) is 22.5 Å². The van der Waals surface area contributed by atoms with Crippen LogP contribution in [0, 0.1) is 11.8 Å². The Morgan fingerprint density at radius 1 is 0.944 bits per heavy atom. The maximum atomic E-state index is 12.4. The molecule has 0 heterocycles. The number of halogens is 1. The number of ether oxygens (including phenoxy) is 1. The number of hydrogen-bond donors (Lipinski definition) is 2. The monoisotopic (exact) mass is 503 g/mol. The van der Waals surface area contributed by atoms with E-state index in [2.05, 4.69) is 41.7 Å². The zero-order valence-corrected chi connectivity index (χ0v) is 20.8. The highest BCUT2D eigenvalue weighted by atomic mass is 35.5. The molecule has 0 aromatic heterocycles. The van der Waals surface area contributed by atoms with E-state index >= 15 is 0 Å². The van der Waals surface area contributed by atoms with E-state index in [9.17, 15) is 9.59 Å². The van der Waals surface area contributed by atoms with Crippen molar-refractivity contribution in [1.82, 2.24) is 5.32 Å². The average Bonchev–Trinajstić information content (AvgIpc) is 3.51. The number of aliphatic carboxylic acids is 1. The van der Waals surface area contributed by atoms with Crippen LogP contribution >= 0.6 is 11.6 Å². The van der Waals surface area contributed by atoms with Crippen molar-refractivity contribution in [2.24, 2.45) is 11.8 Å². The van der Waals surface area contributed by atoms with E-state index in [0.717, 1.165) is 23.7 Å². The first-order chi connectivity index (χ1) is 17.4. The van der Waals surface area contributed by atoms with E-state index in [-0.39, 0.29) is 24.3 Å². The molecule has 2 aliphatic carbocycles. The van der Waals surface area contributed by atoms with E-state index in [0.29, 0.717) is 23.1 Å². The molecule has 3 aromatic rings. The van der Waals surface area contributed by atoms with E-state index in [4.69, 9.17) is 21.4 Å². The predicted octanol–water partition coefficient (Wildman–Crippen LogP) is 6.23. The molecule has 36 heavy (non-hydrogen) atoms. The minimum atomic E-state index is -0.926. The molecule has 5 nitrogen and oxygen atoms in total. The molecule has 0 radical (unpaired) electrons. The van der Waals surface area contributed by atoms with Crippen molar-refractivity contribution in [2.75, 3.05) is 6.54 Å². The molecule has 186 valence electrons. The molecule has 2 saturated carbocycles. The average molecular weight is 504 g/mol. The Morgan fingerprint density at radius 3 is 2.19 bits per heavy atom. The van der Waals surface area contributed by atoms with Crippen molar-refractivity contribution >= 4 is 23.5 Å². The van der Waals surface area contributed by atoms with Gasteiger partial charge in [0.15, 0.2) is 0 Å². The van der Waals surface area contributed by atoms with E-state index in [1.807, 2.05) is 36.4 Å². The standard InChI is InChI=1S/C30H30ClNO4/c31-26-11-2-20(3-12-26)19-36-27-13-9-24(10-14-27)30(18-21-1-6-25(30)17-21)23-7-4-22(5-8-23)29(35)32-16-15-28(33)34/h2-5,7-14,21,25H,1,6,15-19H2,(H,32,35)(H,33,34). The maximum absolute atomic E-state index is 12.4. The molecule has 2 fully saturated rings. The molecule has 2 N–H and O–H groups in total. The number of amides is 1. The Hall–Kier alpha value is -3.31. The molecule has 3 aromatic carbocycles. The molecule has 0 spiro atoms. The summed E-state index contributed by atoms with van der Waals surface area (Å²) >= 11 is 5.97. The van der Waals surface area contributed by atoms with E-state index < -0.39 is 5.97 Å². The number of hydrogen-bond acceptors (Lipinski definition) is 3. The number of nitrogens with one attached hydrogen (secondary N) is 1. The minimum absolute atomic E-state index is 0.0596. The number of fused-ring (bicyclic) bond motifs is 2. The normalized spacial score (nSPS) is 22.4. The van der Waals surface area contributed by atoms with Gasteiger partial charge in [-0.25, -0.2) is 0 Å². The lowest BCUT2D eigenvalue weighted by Gasteiger charge is -2.39. The minimum Gasteiger partial charge on any atom is -0.489 e. The van der Waals surface area contributed by atoms with Gasteiger partial charge in [-0.05, 0) is 84.2 Å². The summed E-state index contributed by atoms with van der Waals surface area (Å²) in [6.07, 6.45) is 4.78. The molecule has 0 saturated heterocycles. The number of carbonyl (C=O) groups is 2. The Labute approximate surface area is 216 Å². The van der Waals surface area contributed by atoms with Gasteiger partial charge >= 0.3 is 5.97 Å². The Bertz CT molecular complexity index is 1220. The molecular formula is C30H30ClNO4. The molecule has 3 unspecified atom stereocenters. The number of carboxylic acids is 1. The molecule has 6 heteroatoms. The zero-order valence-electron chi connectivity index (χ0n) is 20.1. The van der Waals surface area contributed by atoms with Gasteiger partial charge in [-0.2, -0.15) is 0 Å². The summed E-state index contributed by atoms with van der Waals surface area (Å²) in [7, 11) is 0. The van der Waals surface area contributed by atoms with Crippen LogP contribution in [0.5, 0.6) is 5.75 Å². The van der Waals surface area contributed by atoms with Crippen molar-refractivity contribution in [2.45, 2.75) is 44.1 Å². The smallest absolute Gasteiger partial charge is 0.305 e. The summed E-state index contributed by atoms with van der Waals surface area (Å²) in [4.78, 5) is 23.1. The third-order valence-corrected chi connectivity index (χ3v) is 8.08. The second-order valence-electron chi connectivity index (χ2n) is 9.97. The third-order valence-electron chi connectivity index (χ3n) is 7.82. The Kier molecular flexibility index (Phi) is 7.01.